The van der Waals surface area contributed by atoms with Crippen LogP contribution in [-0.2, 0) is 0 Å². The molecule has 66 valence electrons. The molecule has 1 aliphatic rings. The molecule has 0 aromatic carbocycles. The van der Waals surface area contributed by atoms with Gasteiger partial charge in [-0.05, 0) is 52.7 Å². The van der Waals surface area contributed by atoms with Gasteiger partial charge in [0.2, 0.25) is 0 Å². The maximum atomic E-state index is 13.4. The second kappa shape index (κ2) is 3.10. The molecule has 0 atom stereocenters. The summed E-state index contributed by atoms with van der Waals surface area (Å²) in [5, 5.41) is 0. The smallest absolute Gasteiger partial charge is 0.108 e. The number of piperidine rings is 1. The molecular formula is C9H18FN. The first-order chi connectivity index (χ1) is 5.00. The predicted molar refractivity (Wildman–Crippen MR) is 45.4 cm³/mol. The third-order valence-electron chi connectivity index (χ3n) is 2.69. The van der Waals surface area contributed by atoms with Gasteiger partial charge in [-0.25, -0.2) is 4.39 Å². The third kappa shape index (κ3) is 2.44. The van der Waals surface area contributed by atoms with E-state index in [1.807, 2.05) is 0 Å². The van der Waals surface area contributed by atoms with Crippen LogP contribution in [0.4, 0.5) is 4.39 Å². The molecule has 0 aromatic heterocycles. The van der Waals surface area contributed by atoms with E-state index >= 15 is 0 Å². The molecule has 2 heteroatoms. The molecule has 0 aromatic rings. The average molecular weight is 159 g/mol. The SMILES string of the molecule is CN1CCC(C(C)(C)F)CC1. The number of hydrogen-bond acceptors (Lipinski definition) is 1. The van der Waals surface area contributed by atoms with Gasteiger partial charge in [-0.15, -0.1) is 0 Å². The van der Waals surface area contributed by atoms with Crippen molar-refractivity contribution < 1.29 is 4.39 Å². The van der Waals surface area contributed by atoms with E-state index in [0.29, 0.717) is 0 Å². The van der Waals surface area contributed by atoms with Gasteiger partial charge in [0.25, 0.3) is 0 Å². The monoisotopic (exact) mass is 159 g/mol. The largest absolute Gasteiger partial charge is 0.306 e. The van der Waals surface area contributed by atoms with Crippen LogP contribution >= 0.6 is 0 Å². The van der Waals surface area contributed by atoms with Gasteiger partial charge in [0.15, 0.2) is 0 Å². The second-order valence-corrected chi connectivity index (χ2v) is 4.14. The van der Waals surface area contributed by atoms with Crippen molar-refractivity contribution in [3.63, 3.8) is 0 Å². The van der Waals surface area contributed by atoms with E-state index in [2.05, 4.69) is 11.9 Å². The molecule has 1 nitrogen and oxygen atoms in total. The lowest BCUT2D eigenvalue weighted by molar-refractivity contribution is 0.0708. The van der Waals surface area contributed by atoms with Crippen molar-refractivity contribution in [1.82, 2.24) is 4.90 Å². The maximum absolute atomic E-state index is 13.4. The Morgan fingerprint density at radius 2 is 1.73 bits per heavy atom. The van der Waals surface area contributed by atoms with Gasteiger partial charge in [0, 0.05) is 0 Å². The molecule has 0 unspecified atom stereocenters. The van der Waals surface area contributed by atoms with Crippen LogP contribution < -0.4 is 0 Å². The zero-order chi connectivity index (χ0) is 8.48. The van der Waals surface area contributed by atoms with Crippen LogP contribution in [0.25, 0.3) is 0 Å². The second-order valence-electron chi connectivity index (χ2n) is 4.14. The summed E-state index contributed by atoms with van der Waals surface area (Å²) >= 11 is 0. The zero-order valence-electron chi connectivity index (χ0n) is 7.73. The van der Waals surface area contributed by atoms with E-state index < -0.39 is 5.67 Å². The molecule has 0 bridgehead atoms. The third-order valence-corrected chi connectivity index (χ3v) is 2.69. The lowest BCUT2D eigenvalue weighted by Gasteiger charge is -2.34. The molecule has 1 rings (SSSR count). The molecule has 0 radical (unpaired) electrons. The van der Waals surface area contributed by atoms with E-state index in [-0.39, 0.29) is 5.92 Å². The van der Waals surface area contributed by atoms with Crippen LogP contribution in [0.5, 0.6) is 0 Å². The fourth-order valence-corrected chi connectivity index (χ4v) is 1.70. The van der Waals surface area contributed by atoms with Crippen molar-refractivity contribution in [3.8, 4) is 0 Å². The molecular weight excluding hydrogens is 141 g/mol. The Kier molecular flexibility index (Phi) is 2.53. The molecule has 11 heavy (non-hydrogen) atoms. The Balaban J connectivity index is 2.39. The van der Waals surface area contributed by atoms with Gasteiger partial charge in [-0.2, -0.15) is 0 Å². The molecule has 0 aliphatic carbocycles. The lowest BCUT2D eigenvalue weighted by atomic mass is 9.84. The van der Waals surface area contributed by atoms with Gasteiger partial charge in [0.1, 0.15) is 5.67 Å². The van der Waals surface area contributed by atoms with Gasteiger partial charge in [-0.1, -0.05) is 0 Å². The van der Waals surface area contributed by atoms with Crippen LogP contribution in [0.3, 0.4) is 0 Å². The summed E-state index contributed by atoms with van der Waals surface area (Å²) in [5.41, 5.74) is -0.971. The average Bonchev–Trinajstić information content (AvgIpc) is 1.86. The summed E-state index contributed by atoms with van der Waals surface area (Å²) in [6, 6.07) is 0. The van der Waals surface area contributed by atoms with Crippen LogP contribution in [-0.4, -0.2) is 30.7 Å². The summed E-state index contributed by atoms with van der Waals surface area (Å²) in [6.45, 7) is 5.50. The number of alkyl halides is 1. The Labute approximate surface area is 68.6 Å². The molecule has 1 saturated heterocycles. The predicted octanol–water partition coefficient (Wildman–Crippen LogP) is 2.08. The fourth-order valence-electron chi connectivity index (χ4n) is 1.70. The first-order valence-corrected chi connectivity index (χ1v) is 4.37. The molecule has 1 heterocycles. The maximum Gasteiger partial charge on any atom is 0.108 e. The van der Waals surface area contributed by atoms with Crippen molar-refractivity contribution in [2.75, 3.05) is 20.1 Å². The van der Waals surface area contributed by atoms with Gasteiger partial charge in [0.05, 0.1) is 0 Å². The van der Waals surface area contributed by atoms with Crippen molar-refractivity contribution >= 4 is 0 Å². The van der Waals surface area contributed by atoms with Gasteiger partial charge < -0.3 is 4.90 Å². The summed E-state index contributed by atoms with van der Waals surface area (Å²) in [6.07, 6.45) is 2.03. The molecule has 1 fully saturated rings. The first kappa shape index (κ1) is 8.98. The minimum atomic E-state index is -0.971. The minimum Gasteiger partial charge on any atom is -0.306 e. The highest BCUT2D eigenvalue weighted by atomic mass is 19.1. The number of nitrogens with zero attached hydrogens (tertiary/aromatic N) is 1. The Morgan fingerprint density at radius 3 is 2.09 bits per heavy atom. The highest BCUT2D eigenvalue weighted by Crippen LogP contribution is 2.30. The van der Waals surface area contributed by atoms with Crippen molar-refractivity contribution in [2.45, 2.75) is 32.4 Å². The van der Waals surface area contributed by atoms with E-state index in [1.54, 1.807) is 13.8 Å². The van der Waals surface area contributed by atoms with E-state index in [9.17, 15) is 4.39 Å². The quantitative estimate of drug-likeness (QED) is 0.566. The standard InChI is InChI=1S/C9H18FN/c1-9(2,10)8-4-6-11(3)7-5-8/h8H,4-7H2,1-3H3. The summed E-state index contributed by atoms with van der Waals surface area (Å²) in [7, 11) is 2.10. The normalized spacial score (nSPS) is 24.0. The first-order valence-electron chi connectivity index (χ1n) is 4.37. The Bertz CT molecular complexity index is 120. The van der Waals surface area contributed by atoms with E-state index in [0.717, 1.165) is 25.9 Å². The fraction of sp³-hybridized carbons (Fsp3) is 1.00. The zero-order valence-corrected chi connectivity index (χ0v) is 7.73. The van der Waals surface area contributed by atoms with Gasteiger partial charge in [-0.3, -0.25) is 0 Å². The lowest BCUT2D eigenvalue weighted by Crippen LogP contribution is -2.37. The van der Waals surface area contributed by atoms with Crippen LogP contribution in [0, 0.1) is 5.92 Å². The van der Waals surface area contributed by atoms with E-state index in [1.165, 1.54) is 0 Å². The number of halogens is 1. The topological polar surface area (TPSA) is 3.24 Å². The highest BCUT2D eigenvalue weighted by molar-refractivity contribution is 4.82. The minimum absolute atomic E-state index is 0.277. The summed E-state index contributed by atoms with van der Waals surface area (Å²) < 4.78 is 13.4. The molecule has 0 N–H and O–H groups in total. The number of rotatable bonds is 1. The van der Waals surface area contributed by atoms with Crippen LogP contribution in [0.1, 0.15) is 26.7 Å². The van der Waals surface area contributed by atoms with Crippen LogP contribution in [0.2, 0.25) is 0 Å². The number of hydrogen-bond donors (Lipinski definition) is 0. The van der Waals surface area contributed by atoms with Crippen molar-refractivity contribution in [1.29, 1.82) is 0 Å². The Hall–Kier alpha value is -0.110. The Morgan fingerprint density at radius 1 is 1.27 bits per heavy atom. The molecule has 0 amide bonds. The van der Waals surface area contributed by atoms with E-state index in [4.69, 9.17) is 0 Å². The summed E-state index contributed by atoms with van der Waals surface area (Å²) in [5.74, 6) is 0.277. The number of likely N-dealkylation sites (tertiary alicyclic amines) is 1. The molecule has 0 spiro atoms. The molecule has 0 saturated carbocycles. The summed E-state index contributed by atoms with van der Waals surface area (Å²) in [4.78, 5) is 2.27. The highest BCUT2D eigenvalue weighted by Gasteiger charge is 2.31. The van der Waals surface area contributed by atoms with Crippen LogP contribution in [0.15, 0.2) is 0 Å². The van der Waals surface area contributed by atoms with Crippen molar-refractivity contribution in [2.24, 2.45) is 5.92 Å². The van der Waals surface area contributed by atoms with Gasteiger partial charge >= 0.3 is 0 Å². The molecule has 1 aliphatic heterocycles. The van der Waals surface area contributed by atoms with Crippen molar-refractivity contribution in [3.05, 3.63) is 0 Å².